The maximum Gasteiger partial charge on any atom is 0.212 e. The molecule has 0 aliphatic carbocycles. The number of hydrogen-bond acceptors (Lipinski definition) is 5. The van der Waals surface area contributed by atoms with Gasteiger partial charge in [-0.2, -0.15) is 9.40 Å². The average Bonchev–Trinajstić information content (AvgIpc) is 3.23. The fourth-order valence-electron chi connectivity index (χ4n) is 4.45. The van der Waals surface area contributed by atoms with Crippen molar-refractivity contribution in [1.82, 2.24) is 18.9 Å². The third-order valence-electron chi connectivity index (χ3n) is 5.61. The number of methoxy groups -OCH3 is 1. The summed E-state index contributed by atoms with van der Waals surface area (Å²) in [6.45, 7) is 0. The number of ether oxygens (including phenoxy) is 1. The highest BCUT2D eigenvalue weighted by molar-refractivity contribution is 7.88. The van der Waals surface area contributed by atoms with Crippen LogP contribution in [0.4, 0.5) is 0 Å². The lowest BCUT2D eigenvalue weighted by Gasteiger charge is -2.33. The molecule has 0 unspecified atom stereocenters. The van der Waals surface area contributed by atoms with Gasteiger partial charge in [-0.3, -0.25) is 0 Å². The lowest BCUT2D eigenvalue weighted by molar-refractivity contribution is 0.300. The smallest absolute Gasteiger partial charge is 0.212 e. The Morgan fingerprint density at radius 2 is 1.96 bits per heavy atom. The summed E-state index contributed by atoms with van der Waals surface area (Å²) in [6.07, 6.45) is 5.51. The van der Waals surface area contributed by atoms with Crippen LogP contribution in [0.5, 0.6) is 5.75 Å². The van der Waals surface area contributed by atoms with Crippen molar-refractivity contribution in [2.75, 3.05) is 13.4 Å². The molecule has 2 aromatic heterocycles. The number of benzene rings is 1. The first-order valence-electron chi connectivity index (χ1n) is 8.96. The average molecular weight is 384 g/mol. The van der Waals surface area contributed by atoms with Gasteiger partial charge >= 0.3 is 0 Å². The van der Waals surface area contributed by atoms with E-state index in [4.69, 9.17) is 9.84 Å². The van der Waals surface area contributed by atoms with E-state index in [0.29, 0.717) is 6.42 Å². The number of aromatic nitrogens is 3. The summed E-state index contributed by atoms with van der Waals surface area (Å²) in [5, 5.41) is 4.78. The van der Waals surface area contributed by atoms with Crippen LogP contribution in [-0.4, -0.2) is 46.7 Å². The Labute approximate surface area is 157 Å². The molecule has 8 heteroatoms. The molecular formula is C19H20N4O3S. The molecular weight excluding hydrogens is 364 g/mol. The van der Waals surface area contributed by atoms with E-state index in [0.717, 1.165) is 46.8 Å². The van der Waals surface area contributed by atoms with Crippen molar-refractivity contribution in [1.29, 1.82) is 0 Å². The molecule has 1 aromatic carbocycles. The molecule has 2 atom stereocenters. The molecule has 4 heterocycles. The molecule has 0 amide bonds. The molecule has 2 aliphatic rings. The molecule has 7 nitrogen and oxygen atoms in total. The first-order chi connectivity index (χ1) is 13.0. The van der Waals surface area contributed by atoms with Crippen molar-refractivity contribution in [2.24, 2.45) is 0 Å². The topological polar surface area (TPSA) is 76.8 Å². The minimum absolute atomic E-state index is 0.0109. The first kappa shape index (κ1) is 16.7. The maximum atomic E-state index is 12.2. The number of fused-ring (bicyclic) bond motifs is 6. The monoisotopic (exact) mass is 384 g/mol. The van der Waals surface area contributed by atoms with Gasteiger partial charge in [-0.05, 0) is 37.1 Å². The fourth-order valence-corrected chi connectivity index (χ4v) is 5.85. The van der Waals surface area contributed by atoms with Crippen molar-refractivity contribution in [3.05, 3.63) is 47.8 Å². The van der Waals surface area contributed by atoms with Crippen LogP contribution in [0.3, 0.4) is 0 Å². The largest absolute Gasteiger partial charge is 0.497 e. The zero-order chi connectivity index (χ0) is 18.8. The minimum atomic E-state index is -3.24. The second-order valence-corrected chi connectivity index (χ2v) is 9.12. The van der Waals surface area contributed by atoms with Gasteiger partial charge in [0.2, 0.25) is 10.0 Å². The van der Waals surface area contributed by atoms with Crippen LogP contribution < -0.4 is 4.74 Å². The molecule has 0 spiro atoms. The van der Waals surface area contributed by atoms with Gasteiger partial charge in [0.1, 0.15) is 5.75 Å². The molecule has 0 N–H and O–H groups in total. The Balaban J connectivity index is 1.61. The van der Waals surface area contributed by atoms with E-state index in [2.05, 4.69) is 4.98 Å². The van der Waals surface area contributed by atoms with Gasteiger partial charge in [0, 0.05) is 35.9 Å². The Bertz CT molecular complexity index is 1140. The normalized spacial score (nSPS) is 22.1. The van der Waals surface area contributed by atoms with E-state index in [9.17, 15) is 8.42 Å². The lowest BCUT2D eigenvalue weighted by atomic mass is 10.0. The van der Waals surface area contributed by atoms with Gasteiger partial charge in [0.15, 0.2) is 5.65 Å². The van der Waals surface area contributed by atoms with Gasteiger partial charge in [-0.15, -0.1) is 0 Å². The van der Waals surface area contributed by atoms with E-state index in [-0.39, 0.29) is 12.1 Å². The minimum Gasteiger partial charge on any atom is -0.497 e. The number of rotatable bonds is 3. The summed E-state index contributed by atoms with van der Waals surface area (Å²) in [5.41, 5.74) is 4.67. The Hall–Kier alpha value is -2.45. The summed E-state index contributed by atoms with van der Waals surface area (Å²) in [7, 11) is -1.60. The van der Waals surface area contributed by atoms with E-state index >= 15 is 0 Å². The number of hydrogen-bond donors (Lipinski definition) is 0. The van der Waals surface area contributed by atoms with Crippen molar-refractivity contribution >= 4 is 15.7 Å². The number of nitrogens with zero attached hydrogens (tertiary/aromatic N) is 4. The number of sulfonamides is 1. The second kappa shape index (κ2) is 5.77. The summed E-state index contributed by atoms with van der Waals surface area (Å²) < 4.78 is 33.2. The van der Waals surface area contributed by atoms with E-state index < -0.39 is 10.0 Å². The maximum absolute atomic E-state index is 12.2. The zero-order valence-electron chi connectivity index (χ0n) is 15.2. The van der Waals surface area contributed by atoms with Crippen LogP contribution in [0.25, 0.3) is 16.9 Å². The van der Waals surface area contributed by atoms with Crippen LogP contribution in [-0.2, 0) is 16.4 Å². The van der Waals surface area contributed by atoms with Gasteiger partial charge in [0.05, 0.1) is 30.8 Å². The lowest BCUT2D eigenvalue weighted by Crippen LogP contribution is -2.42. The highest BCUT2D eigenvalue weighted by atomic mass is 32.2. The SMILES string of the molecule is COc1ccc(-c2cc3ncc4c(n3n2)C[C@@H]2CC[C@@H]4N2S(C)(=O)=O)cc1. The van der Waals surface area contributed by atoms with Crippen molar-refractivity contribution in [3.63, 3.8) is 0 Å². The van der Waals surface area contributed by atoms with E-state index in [1.165, 1.54) is 6.26 Å². The van der Waals surface area contributed by atoms with Gasteiger partial charge in [-0.1, -0.05) is 0 Å². The Morgan fingerprint density at radius 3 is 2.67 bits per heavy atom. The predicted molar refractivity (Wildman–Crippen MR) is 101 cm³/mol. The van der Waals surface area contributed by atoms with Crippen molar-refractivity contribution < 1.29 is 13.2 Å². The van der Waals surface area contributed by atoms with Crippen LogP contribution in [0, 0.1) is 0 Å². The van der Waals surface area contributed by atoms with Crippen LogP contribution in [0.15, 0.2) is 36.5 Å². The highest BCUT2D eigenvalue weighted by Crippen LogP contribution is 2.45. The third-order valence-corrected chi connectivity index (χ3v) is 6.93. The Morgan fingerprint density at radius 1 is 1.19 bits per heavy atom. The quantitative estimate of drug-likeness (QED) is 0.693. The first-order valence-corrected chi connectivity index (χ1v) is 10.8. The van der Waals surface area contributed by atoms with Crippen molar-refractivity contribution in [2.45, 2.75) is 31.3 Å². The molecule has 1 saturated heterocycles. The molecule has 2 aliphatic heterocycles. The van der Waals surface area contributed by atoms with Gasteiger partial charge in [0.25, 0.3) is 0 Å². The second-order valence-electron chi connectivity index (χ2n) is 7.23. The fraction of sp³-hybridized carbons (Fsp3) is 0.368. The molecule has 0 saturated carbocycles. The molecule has 5 rings (SSSR count). The summed E-state index contributed by atoms with van der Waals surface area (Å²) in [4.78, 5) is 4.56. The molecule has 2 bridgehead atoms. The van der Waals surface area contributed by atoms with Crippen LogP contribution >= 0.6 is 0 Å². The van der Waals surface area contributed by atoms with Crippen LogP contribution in [0.2, 0.25) is 0 Å². The summed E-state index contributed by atoms with van der Waals surface area (Å²) >= 11 is 0. The third kappa shape index (κ3) is 2.55. The highest BCUT2D eigenvalue weighted by Gasteiger charge is 2.45. The predicted octanol–water partition coefficient (Wildman–Crippen LogP) is 2.43. The van der Waals surface area contributed by atoms with Crippen LogP contribution in [0.1, 0.15) is 30.1 Å². The standard InChI is InChI=1S/C19H20N4O3S/c1-26-14-6-3-12(4-7-14)16-10-19-20-11-15-17-8-5-13(23(17)27(2,24)25)9-18(15)22(19)21-16/h3-4,6-7,10-11,13,17H,5,8-9H2,1-2H3/t13-,17-/m0/s1. The van der Waals surface area contributed by atoms with E-state index in [1.54, 1.807) is 11.4 Å². The molecule has 0 radical (unpaired) electrons. The van der Waals surface area contributed by atoms with Crippen molar-refractivity contribution in [3.8, 4) is 17.0 Å². The Kier molecular flexibility index (Phi) is 3.57. The molecule has 27 heavy (non-hydrogen) atoms. The van der Waals surface area contributed by atoms with Gasteiger partial charge in [-0.25, -0.2) is 17.9 Å². The van der Waals surface area contributed by atoms with E-state index in [1.807, 2.05) is 41.0 Å². The molecule has 1 fully saturated rings. The summed E-state index contributed by atoms with van der Waals surface area (Å²) in [5.74, 6) is 0.801. The molecule has 140 valence electrons. The molecule has 3 aromatic rings. The van der Waals surface area contributed by atoms with Gasteiger partial charge < -0.3 is 4.74 Å². The summed E-state index contributed by atoms with van der Waals surface area (Å²) in [6, 6.07) is 9.62. The zero-order valence-corrected chi connectivity index (χ0v) is 16.0.